The molecular formula is C10H13N3O3S. The topological polar surface area (TPSA) is 92.2 Å². The fourth-order valence-electron chi connectivity index (χ4n) is 1.03. The van der Waals surface area contributed by atoms with Gasteiger partial charge in [-0.2, -0.15) is 0 Å². The van der Waals surface area contributed by atoms with Crippen LogP contribution in [0.15, 0.2) is 17.6 Å². The van der Waals surface area contributed by atoms with Crippen molar-refractivity contribution in [2.24, 2.45) is 0 Å². The number of aromatic nitrogens is 2. The highest BCUT2D eigenvalue weighted by Gasteiger charge is 2.18. The summed E-state index contributed by atoms with van der Waals surface area (Å²) in [4.78, 5) is 29.7. The molecule has 92 valence electrons. The van der Waals surface area contributed by atoms with Gasteiger partial charge in [-0.05, 0) is 12.5 Å². The van der Waals surface area contributed by atoms with Crippen molar-refractivity contribution in [1.29, 1.82) is 0 Å². The predicted molar refractivity (Wildman–Crippen MR) is 62.7 cm³/mol. The number of carbonyl (C=O) groups is 2. The maximum atomic E-state index is 10.8. The van der Waals surface area contributed by atoms with Crippen molar-refractivity contribution in [2.75, 3.05) is 5.75 Å². The van der Waals surface area contributed by atoms with E-state index >= 15 is 0 Å². The summed E-state index contributed by atoms with van der Waals surface area (Å²) in [7, 11) is 0. The molecule has 2 N–H and O–H groups in total. The van der Waals surface area contributed by atoms with Crippen LogP contribution in [0.1, 0.15) is 12.5 Å². The minimum atomic E-state index is -1.07. The molecule has 1 heterocycles. The lowest BCUT2D eigenvalue weighted by Gasteiger charge is -2.11. The van der Waals surface area contributed by atoms with Gasteiger partial charge in [0.1, 0.15) is 6.04 Å². The lowest BCUT2D eigenvalue weighted by Crippen LogP contribution is -2.41. The number of hydrogen-bond acceptors (Lipinski definition) is 5. The molecule has 7 heteroatoms. The third kappa shape index (κ3) is 4.81. The van der Waals surface area contributed by atoms with E-state index in [0.29, 0.717) is 5.16 Å². The van der Waals surface area contributed by atoms with Crippen LogP contribution in [0.5, 0.6) is 0 Å². The van der Waals surface area contributed by atoms with Gasteiger partial charge in [0.15, 0.2) is 5.16 Å². The molecule has 0 unspecified atom stereocenters. The van der Waals surface area contributed by atoms with Gasteiger partial charge < -0.3 is 10.4 Å². The van der Waals surface area contributed by atoms with Crippen LogP contribution in [0.3, 0.4) is 0 Å². The molecule has 0 aliphatic carbocycles. The first-order chi connectivity index (χ1) is 7.99. The Balaban J connectivity index is 2.54. The lowest BCUT2D eigenvalue weighted by atomic mass is 10.3. The third-order valence-electron chi connectivity index (χ3n) is 1.81. The van der Waals surface area contributed by atoms with E-state index in [2.05, 4.69) is 15.3 Å². The zero-order chi connectivity index (χ0) is 12.8. The zero-order valence-electron chi connectivity index (χ0n) is 9.51. The van der Waals surface area contributed by atoms with Gasteiger partial charge in [0, 0.05) is 25.1 Å². The normalized spacial score (nSPS) is 11.9. The molecule has 1 aromatic heterocycles. The Morgan fingerprint density at radius 2 is 2.06 bits per heavy atom. The fourth-order valence-corrected chi connectivity index (χ4v) is 1.83. The number of nitrogens with zero attached hydrogens (tertiary/aromatic N) is 2. The molecule has 1 aromatic rings. The van der Waals surface area contributed by atoms with E-state index in [9.17, 15) is 9.59 Å². The van der Waals surface area contributed by atoms with Gasteiger partial charge in [-0.15, -0.1) is 0 Å². The molecule has 0 aliphatic rings. The number of carboxylic acids is 1. The lowest BCUT2D eigenvalue weighted by molar-refractivity contribution is -0.140. The molecule has 0 fully saturated rings. The van der Waals surface area contributed by atoms with E-state index in [1.54, 1.807) is 12.4 Å². The Hall–Kier alpha value is -1.63. The van der Waals surface area contributed by atoms with Crippen LogP contribution >= 0.6 is 11.8 Å². The fraction of sp³-hybridized carbons (Fsp3) is 0.400. The van der Waals surface area contributed by atoms with Gasteiger partial charge in [0.2, 0.25) is 5.91 Å². The molecule has 0 saturated heterocycles. The molecule has 0 bridgehead atoms. The van der Waals surface area contributed by atoms with E-state index in [1.807, 2.05) is 6.92 Å². The number of hydrogen-bond donors (Lipinski definition) is 2. The van der Waals surface area contributed by atoms with Crippen LogP contribution in [0.4, 0.5) is 0 Å². The molecule has 0 radical (unpaired) electrons. The number of thioether (sulfide) groups is 1. The summed E-state index contributed by atoms with van der Waals surface area (Å²) in [5.41, 5.74) is 0.936. The number of carbonyl (C=O) groups excluding carboxylic acids is 1. The highest BCUT2D eigenvalue weighted by Crippen LogP contribution is 2.13. The third-order valence-corrected chi connectivity index (χ3v) is 2.78. The average molecular weight is 255 g/mol. The Labute approximate surface area is 103 Å². The van der Waals surface area contributed by atoms with E-state index in [4.69, 9.17) is 5.11 Å². The van der Waals surface area contributed by atoms with E-state index in [-0.39, 0.29) is 11.7 Å². The van der Waals surface area contributed by atoms with Crippen LogP contribution in [0.25, 0.3) is 0 Å². The number of rotatable bonds is 5. The molecule has 17 heavy (non-hydrogen) atoms. The number of carboxylic acid groups (broad SMARTS) is 1. The molecular weight excluding hydrogens is 242 g/mol. The minimum absolute atomic E-state index is 0.192. The number of aryl methyl sites for hydroxylation is 1. The van der Waals surface area contributed by atoms with Crippen molar-refractivity contribution in [3.63, 3.8) is 0 Å². The largest absolute Gasteiger partial charge is 0.480 e. The summed E-state index contributed by atoms with van der Waals surface area (Å²) in [6.45, 7) is 3.15. The smallest absolute Gasteiger partial charge is 0.327 e. The second-order valence-electron chi connectivity index (χ2n) is 3.45. The predicted octanol–water partition coefficient (Wildman–Crippen LogP) is 0.466. The van der Waals surface area contributed by atoms with Crippen molar-refractivity contribution in [1.82, 2.24) is 15.3 Å². The molecule has 1 rings (SSSR count). The highest BCUT2D eigenvalue weighted by molar-refractivity contribution is 7.99. The summed E-state index contributed by atoms with van der Waals surface area (Å²) >= 11 is 1.19. The van der Waals surface area contributed by atoms with E-state index < -0.39 is 12.0 Å². The van der Waals surface area contributed by atoms with Crippen molar-refractivity contribution in [3.8, 4) is 0 Å². The second kappa shape index (κ2) is 6.19. The summed E-state index contributed by atoms with van der Waals surface area (Å²) in [5.74, 6) is -1.25. The summed E-state index contributed by atoms with van der Waals surface area (Å²) < 4.78 is 0. The SMILES string of the molecule is CC(=O)N[C@@H](CSc1ncc(C)cn1)C(=O)O. The standard InChI is InChI=1S/C10H13N3O3S/c1-6-3-11-10(12-4-6)17-5-8(9(15)16)13-7(2)14/h3-4,8H,5H2,1-2H3,(H,13,14)(H,15,16)/t8-/m0/s1. The summed E-state index contributed by atoms with van der Waals surface area (Å²) in [5, 5.41) is 11.7. The first kappa shape index (κ1) is 13.4. The van der Waals surface area contributed by atoms with Crippen molar-refractivity contribution in [3.05, 3.63) is 18.0 Å². The number of aliphatic carboxylic acids is 1. The quantitative estimate of drug-likeness (QED) is 0.587. The van der Waals surface area contributed by atoms with Gasteiger partial charge in [-0.1, -0.05) is 11.8 Å². The van der Waals surface area contributed by atoms with Gasteiger partial charge in [-0.3, -0.25) is 4.79 Å². The summed E-state index contributed by atoms with van der Waals surface area (Å²) in [6, 6.07) is -0.928. The van der Waals surface area contributed by atoms with E-state index in [1.165, 1.54) is 18.7 Å². The number of nitrogens with one attached hydrogen (secondary N) is 1. The van der Waals surface area contributed by atoms with Gasteiger partial charge in [0.25, 0.3) is 0 Å². The molecule has 6 nitrogen and oxygen atoms in total. The van der Waals surface area contributed by atoms with E-state index in [0.717, 1.165) is 5.56 Å². The molecule has 0 spiro atoms. The first-order valence-electron chi connectivity index (χ1n) is 4.90. The molecule has 0 aromatic carbocycles. The molecule has 1 amide bonds. The summed E-state index contributed by atoms with van der Waals surface area (Å²) in [6.07, 6.45) is 3.31. The van der Waals surface area contributed by atoms with Gasteiger partial charge >= 0.3 is 5.97 Å². The van der Waals surface area contributed by atoms with Crippen LogP contribution in [0.2, 0.25) is 0 Å². The Morgan fingerprint density at radius 3 is 2.53 bits per heavy atom. The van der Waals surface area contributed by atoms with Crippen molar-refractivity contribution in [2.45, 2.75) is 25.0 Å². The maximum Gasteiger partial charge on any atom is 0.327 e. The average Bonchev–Trinajstić information content (AvgIpc) is 2.25. The second-order valence-corrected chi connectivity index (χ2v) is 4.43. The van der Waals surface area contributed by atoms with Crippen molar-refractivity contribution >= 4 is 23.6 Å². The molecule has 0 aliphatic heterocycles. The minimum Gasteiger partial charge on any atom is -0.480 e. The zero-order valence-corrected chi connectivity index (χ0v) is 10.3. The van der Waals surface area contributed by atoms with Gasteiger partial charge in [0.05, 0.1) is 0 Å². The van der Waals surface area contributed by atoms with Crippen LogP contribution in [0, 0.1) is 6.92 Å². The van der Waals surface area contributed by atoms with Gasteiger partial charge in [-0.25, -0.2) is 14.8 Å². The van der Waals surface area contributed by atoms with Crippen LogP contribution in [-0.2, 0) is 9.59 Å². The Morgan fingerprint density at radius 1 is 1.47 bits per heavy atom. The maximum absolute atomic E-state index is 10.8. The molecule has 0 saturated carbocycles. The highest BCUT2D eigenvalue weighted by atomic mass is 32.2. The van der Waals surface area contributed by atoms with Crippen molar-refractivity contribution < 1.29 is 14.7 Å². The number of amides is 1. The Bertz CT molecular complexity index is 408. The van der Waals surface area contributed by atoms with Crippen LogP contribution in [-0.4, -0.2) is 38.7 Å². The first-order valence-corrected chi connectivity index (χ1v) is 5.89. The monoisotopic (exact) mass is 255 g/mol. The Kier molecular flexibility index (Phi) is 4.89. The molecule has 1 atom stereocenters. The van der Waals surface area contributed by atoms with Crippen LogP contribution < -0.4 is 5.32 Å².